The average molecular weight is 348 g/mol. The summed E-state index contributed by atoms with van der Waals surface area (Å²) in [7, 11) is -15.5. The molecular formula is C7H8O10S3. The van der Waals surface area contributed by atoms with Gasteiger partial charge in [0.1, 0.15) is 9.79 Å². The van der Waals surface area contributed by atoms with Crippen LogP contribution in [0, 0.1) is 6.92 Å². The SMILES string of the molecule is Cc1c(S(=O)(=O)O)cc(S(=O)(=O)O)c(O)c1S(=O)(=O)O. The maximum absolute atomic E-state index is 11.1. The lowest BCUT2D eigenvalue weighted by atomic mass is 10.2. The van der Waals surface area contributed by atoms with Gasteiger partial charge in [-0.3, -0.25) is 13.7 Å². The monoisotopic (exact) mass is 348 g/mol. The Kier molecular flexibility index (Phi) is 3.90. The summed E-state index contributed by atoms with van der Waals surface area (Å²) in [4.78, 5) is -4.17. The van der Waals surface area contributed by atoms with Crippen molar-refractivity contribution in [2.45, 2.75) is 21.6 Å². The molecule has 0 aromatic heterocycles. The van der Waals surface area contributed by atoms with Crippen molar-refractivity contribution in [2.24, 2.45) is 0 Å². The van der Waals surface area contributed by atoms with E-state index in [0.717, 1.165) is 6.92 Å². The van der Waals surface area contributed by atoms with Crippen LogP contribution >= 0.6 is 0 Å². The third kappa shape index (κ3) is 3.08. The van der Waals surface area contributed by atoms with Crippen molar-refractivity contribution >= 4 is 30.4 Å². The van der Waals surface area contributed by atoms with Gasteiger partial charge in [-0.15, -0.1) is 0 Å². The second kappa shape index (κ2) is 4.64. The van der Waals surface area contributed by atoms with Gasteiger partial charge in [-0.05, 0) is 18.6 Å². The van der Waals surface area contributed by atoms with Crippen LogP contribution in [0.4, 0.5) is 0 Å². The number of phenolic OH excluding ortho intramolecular Hbond substituents is 1. The van der Waals surface area contributed by atoms with E-state index in [9.17, 15) is 30.4 Å². The number of rotatable bonds is 3. The van der Waals surface area contributed by atoms with E-state index < -0.39 is 56.4 Å². The van der Waals surface area contributed by atoms with Gasteiger partial charge in [0.25, 0.3) is 30.4 Å². The first-order valence-corrected chi connectivity index (χ1v) is 8.78. The minimum absolute atomic E-state index is 0.157. The smallest absolute Gasteiger partial charge is 0.298 e. The van der Waals surface area contributed by atoms with Crippen molar-refractivity contribution in [3.05, 3.63) is 11.6 Å². The van der Waals surface area contributed by atoms with Gasteiger partial charge >= 0.3 is 0 Å². The molecule has 13 heteroatoms. The van der Waals surface area contributed by atoms with Crippen LogP contribution in [0.5, 0.6) is 5.75 Å². The van der Waals surface area contributed by atoms with Crippen molar-refractivity contribution in [3.8, 4) is 5.75 Å². The highest BCUT2D eigenvalue weighted by Crippen LogP contribution is 2.36. The molecule has 0 aliphatic carbocycles. The standard InChI is InChI=1S/C7H8O10S3/c1-3-4(18(9,10)11)2-5(19(12,13)14)6(8)7(3)20(15,16)17/h2,8H,1H3,(H,9,10,11)(H,12,13,14)(H,15,16,17). The van der Waals surface area contributed by atoms with Crippen LogP contribution in [0.1, 0.15) is 5.56 Å². The van der Waals surface area contributed by atoms with Crippen LogP contribution in [0.2, 0.25) is 0 Å². The van der Waals surface area contributed by atoms with Crippen molar-refractivity contribution in [3.63, 3.8) is 0 Å². The number of hydrogen-bond acceptors (Lipinski definition) is 7. The quantitative estimate of drug-likeness (QED) is 0.516. The fourth-order valence-corrected chi connectivity index (χ4v) is 3.90. The van der Waals surface area contributed by atoms with Crippen molar-refractivity contribution in [2.75, 3.05) is 0 Å². The number of hydrogen-bond donors (Lipinski definition) is 4. The van der Waals surface area contributed by atoms with Gasteiger partial charge in [-0.2, -0.15) is 25.3 Å². The van der Waals surface area contributed by atoms with Crippen molar-refractivity contribution in [1.82, 2.24) is 0 Å². The van der Waals surface area contributed by atoms with Gasteiger partial charge in [0.05, 0.1) is 4.90 Å². The number of aromatic hydroxyl groups is 1. The van der Waals surface area contributed by atoms with Gasteiger partial charge in [-0.1, -0.05) is 0 Å². The molecule has 0 spiro atoms. The van der Waals surface area contributed by atoms with Crippen molar-refractivity contribution < 1.29 is 44.0 Å². The van der Waals surface area contributed by atoms with E-state index in [2.05, 4.69) is 0 Å². The Labute approximate surface area is 113 Å². The highest BCUT2D eigenvalue weighted by atomic mass is 32.2. The first-order chi connectivity index (χ1) is 8.67. The second-order valence-electron chi connectivity index (χ2n) is 3.60. The Morgan fingerprint density at radius 1 is 0.800 bits per heavy atom. The molecular weight excluding hydrogens is 340 g/mol. The van der Waals surface area contributed by atoms with Gasteiger partial charge in [-0.25, -0.2) is 0 Å². The van der Waals surface area contributed by atoms with E-state index >= 15 is 0 Å². The maximum Gasteiger partial charge on any atom is 0.298 e. The van der Waals surface area contributed by atoms with Crippen molar-refractivity contribution in [1.29, 1.82) is 0 Å². The zero-order chi connectivity index (χ0) is 16.1. The Hall–Kier alpha value is -1.25. The summed E-state index contributed by atoms with van der Waals surface area (Å²) in [5.41, 5.74) is -0.820. The largest absolute Gasteiger partial charge is 0.505 e. The molecule has 1 aromatic carbocycles. The normalized spacial score (nSPS) is 13.4. The minimum atomic E-state index is -5.23. The van der Waals surface area contributed by atoms with Crippen LogP contribution in [-0.2, 0) is 30.4 Å². The molecule has 0 bridgehead atoms. The lowest BCUT2D eigenvalue weighted by molar-refractivity contribution is 0.419. The summed E-state index contributed by atoms with van der Waals surface area (Å²) in [6, 6.07) is 0.157. The third-order valence-corrected chi connectivity index (χ3v) is 5.10. The highest BCUT2D eigenvalue weighted by Gasteiger charge is 2.32. The third-order valence-electron chi connectivity index (χ3n) is 2.23. The predicted molar refractivity (Wildman–Crippen MR) is 62.3 cm³/mol. The van der Waals surface area contributed by atoms with Gasteiger partial charge in [0.15, 0.2) is 5.75 Å². The molecule has 0 heterocycles. The first-order valence-electron chi connectivity index (χ1n) is 4.46. The molecule has 0 unspecified atom stereocenters. The predicted octanol–water partition coefficient (Wildman–Crippen LogP) is -0.559. The van der Waals surface area contributed by atoms with Gasteiger partial charge < -0.3 is 5.11 Å². The zero-order valence-corrected chi connectivity index (χ0v) is 12.0. The van der Waals surface area contributed by atoms with Gasteiger partial charge in [0, 0.05) is 0 Å². The molecule has 0 aliphatic heterocycles. The Morgan fingerprint density at radius 2 is 1.20 bits per heavy atom. The molecule has 0 aliphatic rings. The van der Waals surface area contributed by atoms with E-state index in [1.165, 1.54) is 0 Å². The van der Waals surface area contributed by atoms with Crippen LogP contribution in [0.3, 0.4) is 0 Å². The molecule has 0 fully saturated rings. The lowest BCUT2D eigenvalue weighted by Crippen LogP contribution is -2.11. The molecule has 0 atom stereocenters. The molecule has 4 N–H and O–H groups in total. The Bertz CT molecular complexity index is 819. The minimum Gasteiger partial charge on any atom is -0.505 e. The summed E-state index contributed by atoms with van der Waals surface area (Å²) >= 11 is 0. The maximum atomic E-state index is 11.1. The fourth-order valence-electron chi connectivity index (χ4n) is 1.48. The fraction of sp³-hybridized carbons (Fsp3) is 0.143. The molecule has 0 amide bonds. The summed E-state index contributed by atoms with van der Waals surface area (Å²) in [5.74, 6) is -1.57. The molecule has 114 valence electrons. The van der Waals surface area contributed by atoms with E-state index in [1.807, 2.05) is 0 Å². The Balaban J connectivity index is 4.18. The van der Waals surface area contributed by atoms with Crippen LogP contribution in [0.15, 0.2) is 20.8 Å². The van der Waals surface area contributed by atoms with Crippen LogP contribution in [-0.4, -0.2) is 44.0 Å². The summed E-state index contributed by atoms with van der Waals surface area (Å²) < 4.78 is 92.7. The topological polar surface area (TPSA) is 183 Å². The van der Waals surface area contributed by atoms with Gasteiger partial charge in [0.2, 0.25) is 0 Å². The molecule has 20 heavy (non-hydrogen) atoms. The number of phenols is 1. The second-order valence-corrected chi connectivity index (χ2v) is 7.74. The lowest BCUT2D eigenvalue weighted by Gasteiger charge is -2.12. The van der Waals surface area contributed by atoms with E-state index in [0.29, 0.717) is 0 Å². The highest BCUT2D eigenvalue weighted by molar-refractivity contribution is 7.87. The molecule has 1 aromatic rings. The molecule has 0 saturated heterocycles. The molecule has 1 rings (SSSR count). The number of benzene rings is 1. The Morgan fingerprint density at radius 3 is 1.50 bits per heavy atom. The van der Waals surface area contributed by atoms with E-state index in [4.69, 9.17) is 13.7 Å². The summed E-state index contributed by atoms with van der Waals surface area (Å²) in [6.45, 7) is 0.791. The molecule has 0 radical (unpaired) electrons. The average Bonchev–Trinajstić information content (AvgIpc) is 2.10. The first kappa shape index (κ1) is 16.8. The molecule has 0 saturated carbocycles. The van der Waals surface area contributed by atoms with Crippen LogP contribution in [0.25, 0.3) is 0 Å². The van der Waals surface area contributed by atoms with E-state index in [-0.39, 0.29) is 6.07 Å². The molecule has 10 nitrogen and oxygen atoms in total. The van der Waals surface area contributed by atoms with E-state index in [1.54, 1.807) is 0 Å². The summed E-state index contributed by atoms with van der Waals surface area (Å²) in [6.07, 6.45) is 0. The zero-order valence-electron chi connectivity index (χ0n) is 9.54. The van der Waals surface area contributed by atoms with Crippen LogP contribution < -0.4 is 0 Å². The summed E-state index contributed by atoms with van der Waals surface area (Å²) in [5, 5.41) is 9.48.